The quantitative estimate of drug-likeness (QED) is 0.0239. The lowest BCUT2D eigenvalue weighted by atomic mass is 10.0. The number of hydrogen-bond donors (Lipinski definition) is 1. The second-order valence-electron chi connectivity index (χ2n) is 16.3. The molecule has 338 valence electrons. The smallest absolute Gasteiger partial charge is 0.258 e. The first-order valence-electron chi connectivity index (χ1n) is 24.2. The highest BCUT2D eigenvalue weighted by atomic mass is 32.2. The van der Waals surface area contributed by atoms with Crippen LogP contribution in [-0.2, 0) is 0 Å². The van der Waals surface area contributed by atoms with Crippen molar-refractivity contribution in [3.05, 3.63) is 68.8 Å². The maximum Gasteiger partial charge on any atom is 0.270 e. The van der Waals surface area contributed by atoms with Crippen LogP contribution in [0, 0.1) is 55.4 Å². The van der Waals surface area contributed by atoms with Crippen molar-refractivity contribution in [2.45, 2.75) is 224 Å². The molecule has 0 atom stereocenters. The van der Waals surface area contributed by atoms with Crippen LogP contribution in [0.1, 0.15) is 242 Å². The van der Waals surface area contributed by atoms with Gasteiger partial charge in [-0.3, -0.25) is 10.1 Å². The first-order valence-corrected chi connectivity index (χ1v) is 25.8. The van der Waals surface area contributed by atoms with Crippen molar-refractivity contribution in [2.24, 2.45) is 0 Å². The number of unbranched alkanes of at least 4 members (excludes halogenated alkanes) is 30. The summed E-state index contributed by atoms with van der Waals surface area (Å²) in [5.41, 5.74) is 0.948. The van der Waals surface area contributed by atoms with Gasteiger partial charge in [-0.15, -0.1) is 11.8 Å². The van der Waals surface area contributed by atoms with Crippen LogP contribution in [0.5, 0.6) is 0 Å². The number of nitro groups is 1. The zero-order chi connectivity index (χ0) is 44.9. The predicted octanol–water partition coefficient (Wildman–Crippen LogP) is 17.3. The lowest BCUT2D eigenvalue weighted by Crippen LogP contribution is -1.90. The molecule has 0 aromatic heterocycles. The summed E-state index contributed by atoms with van der Waals surface area (Å²) in [7, 11) is 0. The minimum Gasteiger partial charge on any atom is -0.258 e. The summed E-state index contributed by atoms with van der Waals surface area (Å²) < 4.78 is 0. The van der Waals surface area contributed by atoms with E-state index in [2.05, 4.69) is 38.6 Å². The number of benzene rings is 2. The molecule has 2 rings (SSSR count). The monoisotopic (exact) mass is 872 g/mol. The van der Waals surface area contributed by atoms with Crippen molar-refractivity contribution in [3.63, 3.8) is 0 Å². The van der Waals surface area contributed by atoms with Gasteiger partial charge in [0.2, 0.25) is 0 Å². The Kier molecular flexibility index (Phi) is 42.0. The van der Waals surface area contributed by atoms with Crippen LogP contribution in [0.4, 0.5) is 5.69 Å². The highest BCUT2D eigenvalue weighted by molar-refractivity contribution is 7.99. The molecule has 2 aromatic rings. The zero-order valence-corrected chi connectivity index (χ0v) is 40.1. The maximum atomic E-state index is 10.3. The molecule has 0 heterocycles. The van der Waals surface area contributed by atoms with E-state index in [0.29, 0.717) is 11.1 Å². The normalized spacial score (nSPS) is 10.3. The number of rotatable bonds is 35. The van der Waals surface area contributed by atoms with E-state index in [4.69, 9.17) is 21.0 Å². The number of thiol groups is 1. The lowest BCUT2D eigenvalue weighted by molar-refractivity contribution is -0.384. The van der Waals surface area contributed by atoms with E-state index in [-0.39, 0.29) is 16.8 Å². The summed E-state index contributed by atoms with van der Waals surface area (Å²) >= 11 is 6.04. The van der Waals surface area contributed by atoms with E-state index >= 15 is 0 Å². The molecule has 9 heteroatoms. The molecular weight excluding hydrogens is 791 g/mol. The van der Waals surface area contributed by atoms with Crippen LogP contribution >= 0.6 is 24.4 Å². The van der Waals surface area contributed by atoms with Gasteiger partial charge in [0.1, 0.15) is 24.3 Å². The fraction of sp³-hybridized carbons (Fsp3) is 0.692. The molecule has 7 nitrogen and oxygen atoms in total. The number of non-ortho nitro benzene ring substituents is 1. The van der Waals surface area contributed by atoms with Gasteiger partial charge in [-0.05, 0) is 48.6 Å². The molecule has 0 saturated carbocycles. The van der Waals surface area contributed by atoms with Crippen LogP contribution in [0.15, 0.2) is 41.3 Å². The molecule has 0 aliphatic carbocycles. The van der Waals surface area contributed by atoms with Crippen LogP contribution in [-0.4, -0.2) is 16.4 Å². The van der Waals surface area contributed by atoms with Gasteiger partial charge in [0, 0.05) is 17.0 Å². The molecule has 0 N–H and O–H groups in total. The molecule has 0 saturated heterocycles. The fourth-order valence-electron chi connectivity index (χ4n) is 7.14. The van der Waals surface area contributed by atoms with Crippen molar-refractivity contribution in [1.82, 2.24) is 0 Å². The van der Waals surface area contributed by atoms with Crippen molar-refractivity contribution >= 4 is 30.1 Å². The van der Waals surface area contributed by atoms with Gasteiger partial charge < -0.3 is 0 Å². The van der Waals surface area contributed by atoms with Crippen molar-refractivity contribution < 1.29 is 4.92 Å². The summed E-state index contributed by atoms with van der Waals surface area (Å²) in [5, 5.41) is 45.4. The van der Waals surface area contributed by atoms with Crippen molar-refractivity contribution in [1.29, 1.82) is 21.0 Å². The molecule has 0 fully saturated rings. The second kappa shape index (κ2) is 44.6. The van der Waals surface area contributed by atoms with E-state index in [1.54, 1.807) is 30.0 Å². The molecule has 0 amide bonds. The Morgan fingerprint density at radius 3 is 1.10 bits per heavy atom. The minimum atomic E-state index is -0.609. The summed E-state index contributed by atoms with van der Waals surface area (Å²) in [4.78, 5) is 10.8. The SMILES string of the molecule is CCCCCCCCCCCCCCCCCCS.CCCCCCCCCCCCCCCCCCSc1ccc(C#N)c(C#N)c1.N#Cc1ccc([N+](=O)[O-])cc1C#N. The van der Waals surface area contributed by atoms with Crippen LogP contribution in [0.25, 0.3) is 0 Å². The third-order valence-electron chi connectivity index (χ3n) is 11.0. The molecule has 0 aliphatic rings. The van der Waals surface area contributed by atoms with Gasteiger partial charge in [-0.2, -0.15) is 33.7 Å². The third-order valence-corrected chi connectivity index (χ3v) is 12.4. The molecule has 0 spiro atoms. The summed E-state index contributed by atoms with van der Waals surface area (Å²) in [6.07, 6.45) is 45.4. The average Bonchev–Trinajstić information content (AvgIpc) is 3.28. The fourth-order valence-corrected chi connectivity index (χ4v) is 8.31. The van der Waals surface area contributed by atoms with E-state index in [0.717, 1.165) is 22.5 Å². The zero-order valence-electron chi connectivity index (χ0n) is 38.4. The van der Waals surface area contributed by atoms with Crippen LogP contribution < -0.4 is 0 Å². The Labute approximate surface area is 383 Å². The molecule has 0 radical (unpaired) electrons. The van der Waals surface area contributed by atoms with E-state index < -0.39 is 4.92 Å². The standard InChI is InChI=1S/C26H40N2S.C18H38S.C8H3N3O2/c1-2-3-4-5-6-7-8-9-10-11-12-13-14-15-16-17-20-29-26-19-18-24(22-27)25(21-26)23-28;1-2-3-4-5-6-7-8-9-10-11-12-13-14-15-16-17-18-19;9-4-6-1-2-8(11(12)13)3-7(6)5-10/h18-19,21H,2-17,20H2,1H3;19H,2-18H2,1H3;1-3H. The average molecular weight is 872 g/mol. The van der Waals surface area contributed by atoms with Gasteiger partial charge in [-0.1, -0.05) is 206 Å². The highest BCUT2D eigenvalue weighted by Gasteiger charge is 2.09. The van der Waals surface area contributed by atoms with Gasteiger partial charge in [0.25, 0.3) is 5.69 Å². The van der Waals surface area contributed by atoms with Crippen molar-refractivity contribution in [2.75, 3.05) is 11.5 Å². The largest absolute Gasteiger partial charge is 0.270 e. The van der Waals surface area contributed by atoms with Crippen LogP contribution in [0.3, 0.4) is 0 Å². The molecule has 0 bridgehead atoms. The minimum absolute atomic E-state index is 0.0247. The summed E-state index contributed by atoms with van der Waals surface area (Å²) in [6.45, 7) is 4.57. The lowest BCUT2D eigenvalue weighted by Gasteiger charge is -2.04. The Balaban J connectivity index is 0.000000963. The molecular formula is C52H81N5O2S2. The maximum absolute atomic E-state index is 10.3. The Bertz CT molecular complexity index is 1520. The predicted molar refractivity (Wildman–Crippen MR) is 262 cm³/mol. The molecule has 61 heavy (non-hydrogen) atoms. The second-order valence-corrected chi connectivity index (χ2v) is 17.9. The highest BCUT2D eigenvalue weighted by Crippen LogP contribution is 2.23. The first-order chi connectivity index (χ1) is 29.9. The van der Waals surface area contributed by atoms with Gasteiger partial charge >= 0.3 is 0 Å². The molecule has 0 aliphatic heterocycles. The Morgan fingerprint density at radius 1 is 0.459 bits per heavy atom. The molecule has 2 aromatic carbocycles. The third kappa shape index (κ3) is 34.7. The van der Waals surface area contributed by atoms with E-state index in [1.165, 1.54) is 218 Å². The number of nitriles is 4. The summed E-state index contributed by atoms with van der Waals surface area (Å²) in [6, 6.07) is 16.8. The number of nitro benzene ring substituents is 1. The van der Waals surface area contributed by atoms with Crippen molar-refractivity contribution in [3.8, 4) is 24.3 Å². The number of nitrogens with zero attached hydrogens (tertiary/aromatic N) is 5. The van der Waals surface area contributed by atoms with E-state index in [9.17, 15) is 10.1 Å². The first kappa shape index (κ1) is 57.5. The number of hydrogen-bond acceptors (Lipinski definition) is 8. The Morgan fingerprint density at radius 2 is 0.770 bits per heavy atom. The number of thioether (sulfide) groups is 1. The Hall–Kier alpha value is -3.50. The topological polar surface area (TPSA) is 138 Å². The van der Waals surface area contributed by atoms with E-state index in [1.807, 2.05) is 12.1 Å². The molecule has 0 unspecified atom stereocenters. The van der Waals surface area contributed by atoms with Gasteiger partial charge in [0.05, 0.1) is 27.2 Å². The summed E-state index contributed by atoms with van der Waals surface area (Å²) in [5.74, 6) is 2.16. The van der Waals surface area contributed by atoms with Crippen LogP contribution in [0.2, 0.25) is 0 Å². The van der Waals surface area contributed by atoms with Gasteiger partial charge in [0.15, 0.2) is 0 Å². The van der Waals surface area contributed by atoms with Gasteiger partial charge in [-0.25, -0.2) is 0 Å².